The first-order chi connectivity index (χ1) is 35.5. The molecule has 9 heteroatoms. The van der Waals surface area contributed by atoms with Crippen molar-refractivity contribution < 1.29 is 32.9 Å². The summed E-state index contributed by atoms with van der Waals surface area (Å²) < 4.78 is 23.7. The van der Waals surface area contributed by atoms with Crippen molar-refractivity contribution in [2.24, 2.45) is 0 Å². The van der Waals surface area contributed by atoms with Crippen molar-refractivity contribution in [1.82, 2.24) is 5.32 Å². The quantitative estimate of drug-likeness (QED) is 0.0243. The first-order valence-electron chi connectivity index (χ1n) is 30.8. The maximum atomic E-state index is 13.0. The number of carbonyl (C=O) groups is 1. The average molecular weight is 1040 g/mol. The Labute approximate surface area is 453 Å². The lowest BCUT2D eigenvalue weighted by Crippen LogP contribution is -2.45. The third-order valence-electron chi connectivity index (χ3n) is 13.7. The summed E-state index contributed by atoms with van der Waals surface area (Å²) in [5, 5.41) is 13.9. The van der Waals surface area contributed by atoms with E-state index in [2.05, 4.69) is 79.9 Å². The summed E-state index contributed by atoms with van der Waals surface area (Å²) in [5.41, 5.74) is 0. The normalized spacial score (nSPS) is 14.3. The van der Waals surface area contributed by atoms with Crippen molar-refractivity contribution in [3.05, 3.63) is 72.9 Å². The van der Waals surface area contributed by atoms with E-state index in [4.69, 9.17) is 9.05 Å². The van der Waals surface area contributed by atoms with Gasteiger partial charge in [0.05, 0.1) is 39.9 Å². The number of nitrogens with one attached hydrogen (secondary N) is 1. The predicted octanol–water partition coefficient (Wildman–Crippen LogP) is 19.0. The first kappa shape index (κ1) is 70.9. The summed E-state index contributed by atoms with van der Waals surface area (Å²) >= 11 is 0. The molecule has 73 heavy (non-hydrogen) atoms. The highest BCUT2D eigenvalue weighted by Crippen LogP contribution is 2.43. The van der Waals surface area contributed by atoms with Crippen molar-refractivity contribution in [1.29, 1.82) is 0 Å². The van der Waals surface area contributed by atoms with Crippen LogP contribution in [0.15, 0.2) is 72.9 Å². The molecule has 0 bridgehead atoms. The molecule has 3 N–H and O–H groups in total. The van der Waals surface area contributed by atoms with E-state index < -0.39 is 20.0 Å². The number of allylic oxidation sites excluding steroid dienone is 11. The lowest BCUT2D eigenvalue weighted by molar-refractivity contribution is -0.870. The van der Waals surface area contributed by atoms with Gasteiger partial charge in [-0.05, 0) is 64.2 Å². The zero-order valence-corrected chi connectivity index (χ0v) is 49.5. The van der Waals surface area contributed by atoms with Gasteiger partial charge in [-0.1, -0.05) is 279 Å². The van der Waals surface area contributed by atoms with Crippen LogP contribution in [0.25, 0.3) is 0 Å². The molecule has 0 spiro atoms. The summed E-state index contributed by atoms with van der Waals surface area (Å²) in [5.74, 6) is -0.175. The van der Waals surface area contributed by atoms with Crippen LogP contribution in [0.5, 0.6) is 0 Å². The minimum atomic E-state index is -4.35. The number of likely N-dealkylation sites (N-methyl/N-ethyl adjacent to an activating group) is 1. The highest BCUT2D eigenvalue weighted by Gasteiger charge is 2.27. The molecule has 0 aliphatic heterocycles. The Bertz CT molecular complexity index is 1420. The number of hydrogen-bond donors (Lipinski definition) is 3. The molecule has 0 aromatic rings. The van der Waals surface area contributed by atoms with E-state index in [0.29, 0.717) is 17.4 Å². The fraction of sp³-hybridized carbons (Fsp3) is 0.797. The largest absolute Gasteiger partial charge is 0.472 e. The number of carbonyl (C=O) groups excluding carboxylic acids is 1. The number of phosphoric ester groups is 1. The zero-order valence-electron chi connectivity index (χ0n) is 48.6. The molecule has 3 unspecified atom stereocenters. The number of aliphatic hydroxyl groups is 1. The molecule has 0 aromatic heterocycles. The van der Waals surface area contributed by atoms with Gasteiger partial charge in [0.1, 0.15) is 13.2 Å². The van der Waals surface area contributed by atoms with Crippen LogP contribution in [0.2, 0.25) is 0 Å². The van der Waals surface area contributed by atoms with Gasteiger partial charge in [0, 0.05) is 6.42 Å². The van der Waals surface area contributed by atoms with Gasteiger partial charge in [-0.15, -0.1) is 0 Å². The Morgan fingerprint density at radius 3 is 1.21 bits per heavy atom. The highest BCUT2D eigenvalue weighted by molar-refractivity contribution is 7.47. The second-order valence-electron chi connectivity index (χ2n) is 22.1. The Morgan fingerprint density at radius 2 is 0.822 bits per heavy atom. The molecule has 8 nitrogen and oxygen atoms in total. The minimum Gasteiger partial charge on any atom is -0.387 e. The third-order valence-corrected chi connectivity index (χ3v) is 14.7. The van der Waals surface area contributed by atoms with Crippen LogP contribution in [-0.4, -0.2) is 73.4 Å². The van der Waals surface area contributed by atoms with Gasteiger partial charge in [0.25, 0.3) is 0 Å². The molecule has 0 fully saturated rings. The van der Waals surface area contributed by atoms with E-state index in [1.54, 1.807) is 6.08 Å². The number of quaternary nitrogens is 1. The molecule has 426 valence electrons. The van der Waals surface area contributed by atoms with Gasteiger partial charge in [0.15, 0.2) is 0 Å². The van der Waals surface area contributed by atoms with Crippen molar-refractivity contribution in [2.75, 3.05) is 40.9 Å². The van der Waals surface area contributed by atoms with Crippen LogP contribution in [0.4, 0.5) is 0 Å². The van der Waals surface area contributed by atoms with Gasteiger partial charge < -0.3 is 19.8 Å². The number of aliphatic hydroxyl groups excluding tert-OH is 1. The second-order valence-corrected chi connectivity index (χ2v) is 23.5. The second kappa shape index (κ2) is 54.7. The smallest absolute Gasteiger partial charge is 0.387 e. The standard InChI is InChI=1S/C64H119N2O6P/c1-6-8-10-12-14-16-18-20-22-24-25-26-27-28-29-30-31-32-33-34-35-36-37-38-39-40-41-42-44-46-48-50-52-54-56-58-64(68)65-62(61-72-73(69,70)71-60-59-66(3,4)5)63(67)57-55-53-51-49-47-45-43-23-21-19-17-15-13-11-9-7-2/h8,10,14,16,20,22,25-26,28-29,55,57,62-63,67H,6-7,9,11-13,15,17-19,21,23-24,27,30-54,56,58-61H2,1-5H3,(H-,65,68,69,70)/p+1/b10-8-,16-14-,22-20-,26-25-,29-28-,57-55+. The molecular formula is C64H120N2O6P+. The number of unbranched alkanes of at least 4 members (excludes halogenated alkanes) is 33. The van der Waals surface area contributed by atoms with Gasteiger partial charge in [-0.2, -0.15) is 0 Å². The summed E-state index contributed by atoms with van der Waals surface area (Å²) in [6, 6.07) is -0.847. The van der Waals surface area contributed by atoms with Gasteiger partial charge >= 0.3 is 7.82 Å². The monoisotopic (exact) mass is 1040 g/mol. The van der Waals surface area contributed by atoms with Crippen molar-refractivity contribution in [3.8, 4) is 0 Å². The van der Waals surface area contributed by atoms with Crippen LogP contribution in [0, 0.1) is 0 Å². The summed E-state index contributed by atoms with van der Waals surface area (Å²) in [6.45, 7) is 4.72. The van der Waals surface area contributed by atoms with Crippen molar-refractivity contribution in [3.63, 3.8) is 0 Å². The van der Waals surface area contributed by atoms with Gasteiger partial charge in [-0.25, -0.2) is 4.57 Å². The van der Waals surface area contributed by atoms with E-state index in [0.717, 1.165) is 70.6 Å². The third kappa shape index (κ3) is 57.5. The lowest BCUT2D eigenvalue weighted by atomic mass is 10.0. The lowest BCUT2D eigenvalue weighted by Gasteiger charge is -2.25. The molecular weight excluding hydrogens is 924 g/mol. The Kier molecular flexibility index (Phi) is 53.2. The Balaban J connectivity index is 4.03. The number of amides is 1. The van der Waals surface area contributed by atoms with Gasteiger partial charge in [0.2, 0.25) is 5.91 Å². The van der Waals surface area contributed by atoms with E-state index in [9.17, 15) is 19.4 Å². The molecule has 0 aromatic carbocycles. The van der Waals surface area contributed by atoms with E-state index in [1.165, 1.54) is 186 Å². The van der Waals surface area contributed by atoms with Crippen LogP contribution < -0.4 is 5.32 Å². The fourth-order valence-electron chi connectivity index (χ4n) is 8.89. The fourth-order valence-corrected chi connectivity index (χ4v) is 9.63. The molecule has 0 aliphatic carbocycles. The minimum absolute atomic E-state index is 0.0613. The van der Waals surface area contributed by atoms with Crippen molar-refractivity contribution >= 4 is 13.7 Å². The van der Waals surface area contributed by atoms with E-state index in [-0.39, 0.29) is 19.1 Å². The van der Waals surface area contributed by atoms with Crippen LogP contribution in [0.1, 0.15) is 277 Å². The molecule has 0 rings (SSSR count). The van der Waals surface area contributed by atoms with E-state index >= 15 is 0 Å². The molecule has 0 saturated heterocycles. The average Bonchev–Trinajstić information content (AvgIpc) is 3.35. The first-order valence-corrected chi connectivity index (χ1v) is 32.3. The zero-order chi connectivity index (χ0) is 53.5. The van der Waals surface area contributed by atoms with Gasteiger partial charge in [-0.3, -0.25) is 13.8 Å². The van der Waals surface area contributed by atoms with Crippen LogP contribution in [0.3, 0.4) is 0 Å². The Hall–Kier alpha value is -2.06. The molecule has 0 saturated carbocycles. The van der Waals surface area contributed by atoms with Crippen LogP contribution in [-0.2, 0) is 18.4 Å². The number of phosphoric acid groups is 1. The maximum absolute atomic E-state index is 13.0. The van der Waals surface area contributed by atoms with Crippen LogP contribution >= 0.6 is 7.82 Å². The topological polar surface area (TPSA) is 105 Å². The number of rotatable bonds is 56. The molecule has 3 atom stereocenters. The molecule has 1 amide bonds. The molecule has 0 heterocycles. The SMILES string of the molecule is CC/C=C\C/C=C\C/C=C\C/C=C\C/C=C\CCCCCCCCCCCCCCCCCCCCCC(=O)NC(COP(=O)(O)OCC[N+](C)(C)C)C(O)/C=C/CCCCCCCCCCCCCCCC. The molecule has 0 radical (unpaired) electrons. The summed E-state index contributed by atoms with van der Waals surface area (Å²) in [4.78, 5) is 23.3. The Morgan fingerprint density at radius 1 is 0.479 bits per heavy atom. The highest BCUT2D eigenvalue weighted by atomic mass is 31.2. The maximum Gasteiger partial charge on any atom is 0.472 e. The summed E-state index contributed by atoms with van der Waals surface area (Å²) in [6.07, 6.45) is 75.9. The number of hydrogen-bond acceptors (Lipinski definition) is 5. The molecule has 0 aliphatic rings. The summed E-state index contributed by atoms with van der Waals surface area (Å²) in [7, 11) is 1.58. The predicted molar refractivity (Wildman–Crippen MR) is 318 cm³/mol. The van der Waals surface area contributed by atoms with E-state index in [1.807, 2.05) is 27.2 Å². The van der Waals surface area contributed by atoms with Crippen molar-refractivity contribution in [2.45, 2.75) is 289 Å². The number of nitrogens with zero attached hydrogens (tertiary/aromatic N) is 1.